The van der Waals surface area contributed by atoms with Crippen LogP contribution in [0.25, 0.3) is 0 Å². The van der Waals surface area contributed by atoms with E-state index in [0.717, 1.165) is 24.8 Å². The molecule has 0 amide bonds. The van der Waals surface area contributed by atoms with Crippen molar-refractivity contribution in [1.29, 1.82) is 0 Å². The van der Waals surface area contributed by atoms with Crippen LogP contribution in [0.4, 0.5) is 4.39 Å². The van der Waals surface area contributed by atoms with Gasteiger partial charge in [0, 0.05) is 6.20 Å². The summed E-state index contributed by atoms with van der Waals surface area (Å²) in [7, 11) is 0. The monoisotopic (exact) mass is 197 g/mol. The van der Waals surface area contributed by atoms with E-state index in [1.807, 2.05) is 6.92 Å². The van der Waals surface area contributed by atoms with Crippen molar-refractivity contribution in [3.63, 3.8) is 0 Å². The normalized spacial score (nSPS) is 10.1. The molecule has 0 aromatic carbocycles. The maximum Gasteiger partial charge on any atom is 0.357 e. The summed E-state index contributed by atoms with van der Waals surface area (Å²) in [6.45, 7) is 2.04. The number of aryl methyl sites for hydroxylation is 1. The molecule has 76 valence electrons. The largest absolute Gasteiger partial charge is 0.476 e. The molecule has 0 radical (unpaired) electrons. The van der Waals surface area contributed by atoms with Crippen molar-refractivity contribution >= 4 is 5.97 Å². The van der Waals surface area contributed by atoms with Gasteiger partial charge in [-0.15, -0.1) is 0 Å². The van der Waals surface area contributed by atoms with Crippen LogP contribution in [0.5, 0.6) is 0 Å². The first-order valence-corrected chi connectivity index (χ1v) is 4.53. The number of carboxylic acids is 1. The fourth-order valence-electron chi connectivity index (χ4n) is 1.15. The second-order valence-corrected chi connectivity index (χ2v) is 3.08. The predicted molar refractivity (Wildman–Crippen MR) is 49.8 cm³/mol. The molecule has 1 aromatic rings. The van der Waals surface area contributed by atoms with Crippen molar-refractivity contribution in [2.45, 2.75) is 26.2 Å². The lowest BCUT2D eigenvalue weighted by atomic mass is 10.1. The van der Waals surface area contributed by atoms with Gasteiger partial charge in [0.2, 0.25) is 0 Å². The number of aromatic nitrogens is 1. The Kier molecular flexibility index (Phi) is 3.56. The molecule has 14 heavy (non-hydrogen) atoms. The van der Waals surface area contributed by atoms with Gasteiger partial charge in [-0.2, -0.15) is 0 Å². The number of pyridine rings is 1. The molecule has 0 aliphatic carbocycles. The van der Waals surface area contributed by atoms with Crippen LogP contribution in [-0.4, -0.2) is 16.1 Å². The summed E-state index contributed by atoms with van der Waals surface area (Å²) >= 11 is 0. The molecule has 1 N–H and O–H groups in total. The summed E-state index contributed by atoms with van der Waals surface area (Å²) in [4.78, 5) is 14.0. The molecule has 0 unspecified atom stereocenters. The van der Waals surface area contributed by atoms with Crippen LogP contribution in [0.3, 0.4) is 0 Å². The van der Waals surface area contributed by atoms with Gasteiger partial charge in [0.1, 0.15) is 0 Å². The second kappa shape index (κ2) is 4.69. The zero-order valence-electron chi connectivity index (χ0n) is 7.96. The minimum Gasteiger partial charge on any atom is -0.476 e. The number of hydrogen-bond acceptors (Lipinski definition) is 2. The zero-order valence-corrected chi connectivity index (χ0v) is 7.96. The van der Waals surface area contributed by atoms with Gasteiger partial charge in [0.05, 0.1) is 0 Å². The summed E-state index contributed by atoms with van der Waals surface area (Å²) in [6.07, 6.45) is 4.12. The van der Waals surface area contributed by atoms with E-state index in [0.29, 0.717) is 0 Å². The fraction of sp³-hybridized carbons (Fsp3) is 0.400. The third kappa shape index (κ3) is 2.52. The summed E-state index contributed by atoms with van der Waals surface area (Å²) in [5, 5.41) is 8.53. The van der Waals surface area contributed by atoms with Crippen LogP contribution in [0.15, 0.2) is 12.3 Å². The molecule has 0 fully saturated rings. The highest BCUT2D eigenvalue weighted by molar-refractivity contribution is 5.85. The van der Waals surface area contributed by atoms with Crippen LogP contribution in [0.2, 0.25) is 0 Å². The first kappa shape index (κ1) is 10.6. The number of nitrogens with zero attached hydrogens (tertiary/aromatic N) is 1. The fourth-order valence-corrected chi connectivity index (χ4v) is 1.15. The average Bonchev–Trinajstić information content (AvgIpc) is 2.14. The van der Waals surface area contributed by atoms with Crippen molar-refractivity contribution in [2.75, 3.05) is 0 Å². The van der Waals surface area contributed by atoms with Gasteiger partial charge in [0.25, 0.3) is 0 Å². The molecule has 1 aromatic heterocycles. The van der Waals surface area contributed by atoms with Crippen molar-refractivity contribution in [3.05, 3.63) is 29.3 Å². The predicted octanol–water partition coefficient (Wildman–Crippen LogP) is 2.26. The molecule has 0 aliphatic heterocycles. The van der Waals surface area contributed by atoms with E-state index in [9.17, 15) is 9.18 Å². The molecular formula is C10H12FNO2. The van der Waals surface area contributed by atoms with Crippen LogP contribution >= 0.6 is 0 Å². The molecular weight excluding hydrogens is 185 g/mol. The van der Waals surface area contributed by atoms with Crippen molar-refractivity contribution < 1.29 is 14.3 Å². The number of carbonyl (C=O) groups is 1. The Morgan fingerprint density at radius 1 is 1.64 bits per heavy atom. The molecule has 1 rings (SSSR count). The summed E-state index contributed by atoms with van der Waals surface area (Å²) in [6, 6.07) is 1.24. The third-order valence-corrected chi connectivity index (χ3v) is 1.92. The van der Waals surface area contributed by atoms with Gasteiger partial charge >= 0.3 is 5.97 Å². The van der Waals surface area contributed by atoms with Gasteiger partial charge in [-0.1, -0.05) is 13.3 Å². The third-order valence-electron chi connectivity index (χ3n) is 1.92. The maximum absolute atomic E-state index is 13.1. The lowest BCUT2D eigenvalue weighted by molar-refractivity contribution is 0.0685. The molecule has 0 saturated heterocycles. The van der Waals surface area contributed by atoms with Crippen molar-refractivity contribution in [3.8, 4) is 0 Å². The van der Waals surface area contributed by atoms with Gasteiger partial charge in [-0.3, -0.25) is 0 Å². The highest BCUT2D eigenvalue weighted by atomic mass is 19.1. The number of aromatic carboxylic acids is 1. The van der Waals surface area contributed by atoms with Gasteiger partial charge in [-0.25, -0.2) is 14.2 Å². The van der Waals surface area contributed by atoms with Crippen molar-refractivity contribution in [2.24, 2.45) is 0 Å². The van der Waals surface area contributed by atoms with Gasteiger partial charge in [-0.05, 0) is 24.5 Å². The lowest BCUT2D eigenvalue weighted by Crippen LogP contribution is -2.04. The Labute approximate surface area is 81.6 Å². The summed E-state index contributed by atoms with van der Waals surface area (Å²) < 4.78 is 13.1. The van der Waals surface area contributed by atoms with E-state index >= 15 is 0 Å². The van der Waals surface area contributed by atoms with E-state index in [4.69, 9.17) is 5.11 Å². The molecule has 0 atom stereocenters. The topological polar surface area (TPSA) is 50.2 Å². The Balaban J connectivity index is 2.83. The van der Waals surface area contributed by atoms with E-state index < -0.39 is 17.5 Å². The SMILES string of the molecule is CCCCc1cnc(C(=O)O)c(F)c1. The smallest absolute Gasteiger partial charge is 0.357 e. The average molecular weight is 197 g/mol. The van der Waals surface area contributed by atoms with E-state index in [1.54, 1.807) is 0 Å². The van der Waals surface area contributed by atoms with Crippen LogP contribution in [0.1, 0.15) is 35.8 Å². The zero-order chi connectivity index (χ0) is 10.6. The lowest BCUT2D eigenvalue weighted by Gasteiger charge is -2.01. The van der Waals surface area contributed by atoms with Crippen LogP contribution in [-0.2, 0) is 6.42 Å². The van der Waals surface area contributed by atoms with Gasteiger partial charge in [0.15, 0.2) is 11.5 Å². The summed E-state index contributed by atoms with van der Waals surface area (Å²) in [5.74, 6) is -2.09. The molecule has 1 heterocycles. The number of unbranched alkanes of at least 4 members (excludes halogenated alkanes) is 1. The first-order valence-electron chi connectivity index (χ1n) is 4.53. The highest BCUT2D eigenvalue weighted by Gasteiger charge is 2.11. The molecule has 0 spiro atoms. The standard InChI is InChI=1S/C10H12FNO2/c1-2-3-4-7-5-8(11)9(10(13)14)12-6-7/h5-6H,2-4H2,1H3,(H,13,14). The van der Waals surface area contributed by atoms with Crippen molar-refractivity contribution in [1.82, 2.24) is 4.98 Å². The Hall–Kier alpha value is -1.45. The van der Waals surface area contributed by atoms with E-state index in [-0.39, 0.29) is 0 Å². The number of hydrogen-bond donors (Lipinski definition) is 1. The maximum atomic E-state index is 13.1. The molecule has 0 bridgehead atoms. The second-order valence-electron chi connectivity index (χ2n) is 3.08. The first-order chi connectivity index (χ1) is 6.65. The molecule has 0 saturated carbocycles. The minimum absolute atomic E-state index is 0.509. The quantitative estimate of drug-likeness (QED) is 0.805. The van der Waals surface area contributed by atoms with Gasteiger partial charge < -0.3 is 5.11 Å². The highest BCUT2D eigenvalue weighted by Crippen LogP contribution is 2.09. The Morgan fingerprint density at radius 2 is 2.36 bits per heavy atom. The number of carboxylic acid groups (broad SMARTS) is 1. The molecule has 4 heteroatoms. The Morgan fingerprint density at radius 3 is 2.86 bits per heavy atom. The van der Waals surface area contributed by atoms with Crippen LogP contribution < -0.4 is 0 Å². The number of halogens is 1. The Bertz CT molecular complexity index is 339. The summed E-state index contributed by atoms with van der Waals surface area (Å²) in [5.41, 5.74) is 0.236. The van der Waals surface area contributed by atoms with E-state index in [2.05, 4.69) is 4.98 Å². The van der Waals surface area contributed by atoms with E-state index in [1.165, 1.54) is 12.3 Å². The molecule has 3 nitrogen and oxygen atoms in total. The van der Waals surface area contributed by atoms with Crippen LogP contribution in [0, 0.1) is 5.82 Å². The number of rotatable bonds is 4. The minimum atomic E-state index is -1.33. The molecule has 0 aliphatic rings.